The van der Waals surface area contributed by atoms with E-state index in [0.29, 0.717) is 44.6 Å². The molecule has 0 radical (unpaired) electrons. The molecule has 3 aliphatic rings. The second-order valence-corrected chi connectivity index (χ2v) is 8.32. The van der Waals surface area contributed by atoms with E-state index in [0.717, 1.165) is 12.0 Å². The van der Waals surface area contributed by atoms with Gasteiger partial charge in [-0.2, -0.15) is 5.26 Å². The first-order valence-electron chi connectivity index (χ1n) is 10.3. The van der Waals surface area contributed by atoms with Crippen molar-refractivity contribution in [2.45, 2.75) is 50.0 Å². The molecule has 158 valence electrons. The number of nitrogens with two attached hydrogens (primary N) is 2. The Labute approximate surface area is 175 Å². The van der Waals surface area contributed by atoms with Gasteiger partial charge in [0.1, 0.15) is 6.04 Å². The molecule has 4 N–H and O–H groups in total. The molecule has 2 bridgehead atoms. The number of likely N-dealkylation sites (tertiary alicyclic amines) is 3. The van der Waals surface area contributed by atoms with Crippen molar-refractivity contribution in [3.8, 4) is 6.07 Å². The summed E-state index contributed by atoms with van der Waals surface area (Å²) in [7, 11) is 0. The Hall–Kier alpha value is -2.96. The van der Waals surface area contributed by atoms with Crippen LogP contribution in [0.2, 0.25) is 0 Å². The van der Waals surface area contributed by atoms with Crippen molar-refractivity contribution in [1.82, 2.24) is 14.7 Å². The molecule has 3 saturated heterocycles. The maximum absolute atomic E-state index is 12.9. The van der Waals surface area contributed by atoms with Crippen molar-refractivity contribution >= 4 is 17.7 Å². The summed E-state index contributed by atoms with van der Waals surface area (Å²) in [6.07, 6.45) is 2.21. The van der Waals surface area contributed by atoms with E-state index >= 15 is 0 Å². The van der Waals surface area contributed by atoms with Crippen molar-refractivity contribution < 1.29 is 14.4 Å². The van der Waals surface area contributed by atoms with E-state index < -0.39 is 18.0 Å². The molecule has 3 fully saturated rings. The van der Waals surface area contributed by atoms with Crippen LogP contribution in [-0.4, -0.2) is 76.2 Å². The van der Waals surface area contributed by atoms with Gasteiger partial charge in [0.2, 0.25) is 17.7 Å². The van der Waals surface area contributed by atoms with Gasteiger partial charge in [-0.05, 0) is 37.0 Å². The molecule has 0 aromatic heterocycles. The average molecular weight is 410 g/mol. The van der Waals surface area contributed by atoms with E-state index in [-0.39, 0.29) is 23.9 Å². The molecular formula is C21H26N6O3. The van der Waals surface area contributed by atoms with Crippen LogP contribution >= 0.6 is 0 Å². The van der Waals surface area contributed by atoms with Crippen LogP contribution in [-0.2, 0) is 16.1 Å². The Morgan fingerprint density at radius 3 is 2.83 bits per heavy atom. The number of nitriles is 1. The highest BCUT2D eigenvalue weighted by Crippen LogP contribution is 2.33. The molecular weight excluding hydrogens is 384 g/mol. The second-order valence-electron chi connectivity index (χ2n) is 8.32. The quantitative estimate of drug-likeness (QED) is 0.643. The lowest BCUT2D eigenvalue weighted by molar-refractivity contribution is -0.139. The SMILES string of the molecule is N#C[C@@H]1CCCN1C(=O)[C@@H](N)CN1CC2C[C@@H]1C(=O)N2Cc1cccc(C(N)=O)c1. The lowest BCUT2D eigenvalue weighted by Crippen LogP contribution is -2.56. The monoisotopic (exact) mass is 410 g/mol. The first-order chi connectivity index (χ1) is 14.4. The molecule has 0 aliphatic carbocycles. The summed E-state index contributed by atoms with van der Waals surface area (Å²) in [5.41, 5.74) is 12.8. The number of primary amides is 1. The maximum atomic E-state index is 12.9. The van der Waals surface area contributed by atoms with E-state index in [2.05, 4.69) is 6.07 Å². The maximum Gasteiger partial charge on any atom is 0.248 e. The number of piperazine rings is 1. The predicted octanol–water partition coefficient (Wildman–Crippen LogP) is -0.588. The van der Waals surface area contributed by atoms with Gasteiger partial charge in [0.25, 0.3) is 0 Å². The number of rotatable bonds is 6. The largest absolute Gasteiger partial charge is 0.366 e. The Morgan fingerprint density at radius 2 is 2.13 bits per heavy atom. The summed E-state index contributed by atoms with van der Waals surface area (Å²) in [6.45, 7) is 1.96. The minimum Gasteiger partial charge on any atom is -0.366 e. The van der Waals surface area contributed by atoms with E-state index in [4.69, 9.17) is 11.5 Å². The van der Waals surface area contributed by atoms with Crippen molar-refractivity contribution in [1.29, 1.82) is 5.26 Å². The van der Waals surface area contributed by atoms with Crippen molar-refractivity contribution in [3.05, 3.63) is 35.4 Å². The van der Waals surface area contributed by atoms with Gasteiger partial charge in [0.15, 0.2) is 0 Å². The van der Waals surface area contributed by atoms with Crippen LogP contribution in [0.25, 0.3) is 0 Å². The Balaban J connectivity index is 1.37. The molecule has 0 saturated carbocycles. The molecule has 4 atom stereocenters. The average Bonchev–Trinajstić information content (AvgIpc) is 3.44. The summed E-state index contributed by atoms with van der Waals surface area (Å²) in [5, 5.41) is 9.20. The zero-order chi connectivity index (χ0) is 21.4. The molecule has 3 heterocycles. The van der Waals surface area contributed by atoms with Crippen molar-refractivity contribution in [3.63, 3.8) is 0 Å². The standard InChI is InChI=1S/C21H26N6O3/c22-9-15-5-2-6-26(15)20(29)17(23)12-25-11-16-8-18(25)21(30)27(16)10-13-3-1-4-14(7-13)19(24)28/h1,3-4,7,15-18H,2,5-6,8,10-12,23H2,(H2,24,28)/t15-,16?,17-,18+/m0/s1. The van der Waals surface area contributed by atoms with Crippen LogP contribution in [0.4, 0.5) is 0 Å². The third-order valence-electron chi connectivity index (χ3n) is 6.39. The number of carbonyl (C=O) groups excluding carboxylic acids is 3. The number of hydrogen-bond acceptors (Lipinski definition) is 6. The Morgan fingerprint density at radius 1 is 1.33 bits per heavy atom. The lowest BCUT2D eigenvalue weighted by atomic mass is 10.1. The Bertz CT molecular complexity index is 912. The number of nitrogens with zero attached hydrogens (tertiary/aromatic N) is 4. The molecule has 1 aromatic rings. The Kier molecular flexibility index (Phi) is 5.45. The van der Waals surface area contributed by atoms with Crippen molar-refractivity contribution in [2.24, 2.45) is 11.5 Å². The van der Waals surface area contributed by atoms with Gasteiger partial charge < -0.3 is 21.3 Å². The van der Waals surface area contributed by atoms with Gasteiger partial charge >= 0.3 is 0 Å². The number of hydrogen-bond donors (Lipinski definition) is 2. The van der Waals surface area contributed by atoms with E-state index in [9.17, 15) is 19.6 Å². The van der Waals surface area contributed by atoms with Gasteiger partial charge in [0.05, 0.1) is 18.2 Å². The fourth-order valence-corrected chi connectivity index (χ4v) is 4.87. The molecule has 0 spiro atoms. The highest BCUT2D eigenvalue weighted by Gasteiger charge is 2.50. The summed E-state index contributed by atoms with van der Waals surface area (Å²) in [4.78, 5) is 42.4. The van der Waals surface area contributed by atoms with Gasteiger partial charge in [-0.25, -0.2) is 0 Å². The molecule has 30 heavy (non-hydrogen) atoms. The predicted molar refractivity (Wildman–Crippen MR) is 108 cm³/mol. The smallest absolute Gasteiger partial charge is 0.248 e. The van der Waals surface area contributed by atoms with Gasteiger partial charge in [0, 0.05) is 37.8 Å². The minimum atomic E-state index is -0.744. The van der Waals surface area contributed by atoms with Crippen LogP contribution in [0.15, 0.2) is 24.3 Å². The highest BCUT2D eigenvalue weighted by atomic mass is 16.2. The molecule has 3 aliphatic heterocycles. The first kappa shape index (κ1) is 20.3. The fourth-order valence-electron chi connectivity index (χ4n) is 4.87. The third-order valence-corrected chi connectivity index (χ3v) is 6.39. The summed E-state index contributed by atoms with van der Waals surface area (Å²) in [6, 6.07) is 7.81. The molecule has 9 nitrogen and oxygen atoms in total. The fraction of sp³-hybridized carbons (Fsp3) is 0.524. The van der Waals surface area contributed by atoms with E-state index in [1.54, 1.807) is 23.1 Å². The topological polar surface area (TPSA) is 137 Å². The highest BCUT2D eigenvalue weighted by molar-refractivity contribution is 5.93. The number of fused-ring (bicyclic) bond motifs is 2. The molecule has 1 unspecified atom stereocenters. The molecule has 1 aromatic carbocycles. The summed E-state index contributed by atoms with van der Waals surface area (Å²) < 4.78 is 0. The van der Waals surface area contributed by atoms with Gasteiger partial charge in [-0.3, -0.25) is 19.3 Å². The molecule has 3 amide bonds. The van der Waals surface area contributed by atoms with Crippen LogP contribution in [0.3, 0.4) is 0 Å². The zero-order valence-electron chi connectivity index (χ0n) is 16.7. The van der Waals surface area contributed by atoms with Gasteiger partial charge in [-0.15, -0.1) is 0 Å². The normalized spacial score (nSPS) is 26.8. The third kappa shape index (κ3) is 3.64. The minimum absolute atomic E-state index is 0.0199. The van der Waals surface area contributed by atoms with E-state index in [1.807, 2.05) is 15.9 Å². The zero-order valence-corrected chi connectivity index (χ0v) is 16.7. The van der Waals surface area contributed by atoms with Crippen LogP contribution < -0.4 is 11.5 Å². The van der Waals surface area contributed by atoms with Crippen molar-refractivity contribution in [2.75, 3.05) is 19.6 Å². The summed E-state index contributed by atoms with van der Waals surface area (Å²) in [5.74, 6) is -0.687. The number of carbonyl (C=O) groups is 3. The molecule has 9 heteroatoms. The van der Waals surface area contributed by atoms with Crippen LogP contribution in [0.1, 0.15) is 35.2 Å². The first-order valence-corrected chi connectivity index (χ1v) is 10.3. The molecule has 4 rings (SSSR count). The van der Waals surface area contributed by atoms with Gasteiger partial charge in [-0.1, -0.05) is 12.1 Å². The van der Waals surface area contributed by atoms with E-state index in [1.165, 1.54) is 0 Å². The summed E-state index contributed by atoms with van der Waals surface area (Å²) >= 11 is 0. The number of amides is 3. The lowest BCUT2D eigenvalue weighted by Gasteiger charge is -2.35. The second kappa shape index (κ2) is 8.05. The van der Waals surface area contributed by atoms with Crippen LogP contribution in [0.5, 0.6) is 0 Å². The van der Waals surface area contributed by atoms with Crippen LogP contribution in [0, 0.1) is 11.3 Å². The number of benzene rings is 1.